The predicted octanol–water partition coefficient (Wildman–Crippen LogP) is 2.80. The molecule has 0 saturated heterocycles. The summed E-state index contributed by atoms with van der Waals surface area (Å²) in [6, 6.07) is 4.47. The maximum atomic E-state index is 12.5. The fourth-order valence-corrected chi connectivity index (χ4v) is 2.81. The van der Waals surface area contributed by atoms with Crippen LogP contribution in [0.15, 0.2) is 18.2 Å². The quantitative estimate of drug-likeness (QED) is 0.465. The van der Waals surface area contributed by atoms with E-state index in [1.165, 1.54) is 0 Å². The molecule has 0 aromatic heterocycles. The summed E-state index contributed by atoms with van der Waals surface area (Å²) in [5, 5.41) is 5.94. The number of benzene rings is 1. The van der Waals surface area contributed by atoms with Crippen molar-refractivity contribution in [2.45, 2.75) is 65.3 Å². The van der Waals surface area contributed by atoms with E-state index < -0.39 is 23.7 Å². The highest BCUT2D eigenvalue weighted by molar-refractivity contribution is 7.80. The van der Waals surface area contributed by atoms with Crippen LogP contribution in [0.1, 0.15) is 51.8 Å². The molecule has 1 amide bonds. The second-order valence-corrected chi connectivity index (χ2v) is 8.00. The van der Waals surface area contributed by atoms with Crippen LogP contribution in [0.3, 0.4) is 0 Å². The van der Waals surface area contributed by atoms with E-state index in [4.69, 9.17) is 9.47 Å². The average Bonchev–Trinajstić information content (AvgIpc) is 2.57. The van der Waals surface area contributed by atoms with E-state index >= 15 is 0 Å². The van der Waals surface area contributed by atoms with Gasteiger partial charge in [-0.25, -0.2) is 4.79 Å². The topological polar surface area (TPSA) is 76.7 Å². The van der Waals surface area contributed by atoms with Crippen molar-refractivity contribution in [2.24, 2.45) is 0 Å². The highest BCUT2D eigenvalue weighted by Crippen LogP contribution is 2.27. The molecule has 7 heteroatoms. The van der Waals surface area contributed by atoms with E-state index in [1.807, 2.05) is 25.1 Å². The first-order valence-corrected chi connectivity index (χ1v) is 9.66. The van der Waals surface area contributed by atoms with Crippen LogP contribution in [0.4, 0.5) is 0 Å². The highest BCUT2D eigenvalue weighted by Gasteiger charge is 2.26. The van der Waals surface area contributed by atoms with E-state index in [2.05, 4.69) is 23.3 Å². The van der Waals surface area contributed by atoms with Crippen molar-refractivity contribution < 1.29 is 19.1 Å². The molecule has 6 nitrogen and oxygen atoms in total. The van der Waals surface area contributed by atoms with Crippen molar-refractivity contribution in [3.05, 3.63) is 29.3 Å². The summed E-state index contributed by atoms with van der Waals surface area (Å²) >= 11 is 4.41. The molecule has 1 aromatic rings. The Labute approximate surface area is 167 Å². The number of carbonyl (C=O) groups is 2. The number of rotatable bonds is 8. The van der Waals surface area contributed by atoms with E-state index in [-0.39, 0.29) is 11.9 Å². The molecular formula is C20H32N2O4S. The Hall–Kier alpha value is -1.73. The summed E-state index contributed by atoms with van der Waals surface area (Å²) < 4.78 is 10.7. The lowest BCUT2D eigenvalue weighted by Crippen LogP contribution is -2.50. The van der Waals surface area contributed by atoms with Crippen LogP contribution < -0.4 is 15.4 Å². The Balaban J connectivity index is 2.76. The first-order valence-electron chi connectivity index (χ1n) is 9.03. The Kier molecular flexibility index (Phi) is 8.62. The molecule has 3 atom stereocenters. The molecule has 0 unspecified atom stereocenters. The summed E-state index contributed by atoms with van der Waals surface area (Å²) in [4.78, 5) is 24.5. The van der Waals surface area contributed by atoms with Crippen molar-refractivity contribution >= 4 is 24.5 Å². The Morgan fingerprint density at radius 3 is 2.33 bits per heavy atom. The summed E-state index contributed by atoms with van der Waals surface area (Å²) in [5.41, 5.74) is 1.42. The largest absolute Gasteiger partial charge is 0.496 e. The molecule has 2 N–H and O–H groups in total. The molecule has 0 bridgehead atoms. The Morgan fingerprint density at radius 1 is 1.19 bits per heavy atom. The zero-order chi connectivity index (χ0) is 20.8. The van der Waals surface area contributed by atoms with Crippen molar-refractivity contribution in [3.8, 4) is 5.75 Å². The van der Waals surface area contributed by atoms with E-state index in [0.29, 0.717) is 5.75 Å². The zero-order valence-corrected chi connectivity index (χ0v) is 18.1. The van der Waals surface area contributed by atoms with Crippen LogP contribution >= 0.6 is 12.6 Å². The van der Waals surface area contributed by atoms with Crippen molar-refractivity contribution in [2.75, 3.05) is 12.9 Å². The molecule has 0 heterocycles. The first-order chi connectivity index (χ1) is 12.5. The van der Waals surface area contributed by atoms with Gasteiger partial charge in [-0.15, -0.1) is 0 Å². The molecule has 0 spiro atoms. The monoisotopic (exact) mass is 396 g/mol. The van der Waals surface area contributed by atoms with Gasteiger partial charge >= 0.3 is 5.97 Å². The molecule has 152 valence electrons. The zero-order valence-electron chi connectivity index (χ0n) is 17.3. The fraction of sp³-hybridized carbons (Fsp3) is 0.600. The minimum Gasteiger partial charge on any atom is -0.496 e. The summed E-state index contributed by atoms with van der Waals surface area (Å²) in [6.07, 6.45) is 0. The molecule has 0 aliphatic heterocycles. The van der Waals surface area contributed by atoms with Crippen LogP contribution in [-0.4, -0.2) is 42.4 Å². The second-order valence-electron chi connectivity index (χ2n) is 7.63. The van der Waals surface area contributed by atoms with E-state index in [0.717, 1.165) is 16.9 Å². The van der Waals surface area contributed by atoms with E-state index in [9.17, 15) is 9.59 Å². The number of nitrogens with one attached hydrogen (secondary N) is 2. The van der Waals surface area contributed by atoms with Crippen LogP contribution in [0.5, 0.6) is 5.75 Å². The molecule has 1 aromatic carbocycles. The number of esters is 1. The van der Waals surface area contributed by atoms with Crippen LogP contribution in [0, 0.1) is 6.92 Å². The van der Waals surface area contributed by atoms with Gasteiger partial charge in [-0.3, -0.25) is 10.1 Å². The predicted molar refractivity (Wildman–Crippen MR) is 110 cm³/mol. The summed E-state index contributed by atoms with van der Waals surface area (Å²) in [6.45, 7) is 10.7. The third kappa shape index (κ3) is 7.42. The van der Waals surface area contributed by atoms with Gasteiger partial charge in [-0.1, -0.05) is 12.1 Å². The van der Waals surface area contributed by atoms with Gasteiger partial charge in [-0.2, -0.15) is 12.6 Å². The smallest absolute Gasteiger partial charge is 0.328 e. The third-order valence-electron chi connectivity index (χ3n) is 3.91. The van der Waals surface area contributed by atoms with Crippen molar-refractivity contribution in [3.63, 3.8) is 0 Å². The molecule has 0 saturated carbocycles. The molecule has 0 aliphatic rings. The number of carbonyl (C=O) groups excluding carboxylic acids is 2. The van der Waals surface area contributed by atoms with Gasteiger partial charge in [0, 0.05) is 17.4 Å². The molecule has 0 aliphatic carbocycles. The fourth-order valence-electron chi connectivity index (χ4n) is 2.51. The second kappa shape index (κ2) is 9.99. The average molecular weight is 397 g/mol. The minimum atomic E-state index is -0.732. The lowest BCUT2D eigenvalue weighted by molar-refractivity contribution is -0.158. The lowest BCUT2D eigenvalue weighted by Gasteiger charge is -2.26. The maximum Gasteiger partial charge on any atom is 0.328 e. The SMILES string of the molecule is COc1cc(C)ccc1[C@H](CS)N[C@@H](C)C(=O)N[C@@H](C)C(=O)OC(C)(C)C. The van der Waals surface area contributed by atoms with E-state index in [1.54, 1.807) is 41.7 Å². The number of hydrogen-bond donors (Lipinski definition) is 3. The van der Waals surface area contributed by atoms with Crippen molar-refractivity contribution in [1.29, 1.82) is 0 Å². The van der Waals surface area contributed by atoms with Gasteiger partial charge in [0.15, 0.2) is 0 Å². The van der Waals surface area contributed by atoms with Gasteiger partial charge in [-0.05, 0) is 53.2 Å². The highest BCUT2D eigenvalue weighted by atomic mass is 32.1. The maximum absolute atomic E-state index is 12.5. The van der Waals surface area contributed by atoms with Crippen LogP contribution in [0.2, 0.25) is 0 Å². The Bertz CT molecular complexity index is 658. The number of aryl methyl sites for hydroxylation is 1. The normalized spacial score (nSPS) is 14.8. The van der Waals surface area contributed by atoms with Gasteiger partial charge in [0.05, 0.1) is 13.2 Å². The number of hydrogen-bond acceptors (Lipinski definition) is 6. The third-order valence-corrected chi connectivity index (χ3v) is 4.28. The summed E-state index contributed by atoms with van der Waals surface area (Å²) in [7, 11) is 1.62. The van der Waals surface area contributed by atoms with Gasteiger partial charge in [0.2, 0.25) is 5.91 Å². The van der Waals surface area contributed by atoms with Gasteiger partial charge in [0.25, 0.3) is 0 Å². The number of ether oxygens (including phenoxy) is 2. The molecule has 27 heavy (non-hydrogen) atoms. The molecule has 0 fully saturated rings. The minimum absolute atomic E-state index is 0.179. The van der Waals surface area contributed by atoms with Gasteiger partial charge < -0.3 is 14.8 Å². The van der Waals surface area contributed by atoms with Crippen LogP contribution in [-0.2, 0) is 14.3 Å². The first kappa shape index (κ1) is 23.3. The van der Waals surface area contributed by atoms with Crippen molar-refractivity contribution in [1.82, 2.24) is 10.6 Å². The molecular weight excluding hydrogens is 364 g/mol. The van der Waals surface area contributed by atoms with Gasteiger partial charge in [0.1, 0.15) is 17.4 Å². The lowest BCUT2D eigenvalue weighted by atomic mass is 10.0. The number of thiol groups is 1. The van der Waals surface area contributed by atoms with Crippen LogP contribution in [0.25, 0.3) is 0 Å². The number of methoxy groups -OCH3 is 1. The summed E-state index contributed by atoms with van der Waals surface area (Å²) in [5.74, 6) is 0.482. The molecule has 0 radical (unpaired) electrons. The standard InChI is InChI=1S/C20H32N2O4S/c1-12-8-9-15(17(10-12)25-7)16(11-27)21-13(2)18(23)22-14(3)19(24)26-20(4,5)6/h8-10,13-14,16,21,27H,11H2,1-7H3,(H,22,23)/t13-,14-,16-/m0/s1. The molecule has 1 rings (SSSR count). The Morgan fingerprint density at radius 2 is 1.81 bits per heavy atom. The number of amides is 1.